The molecule has 3 heterocycles. The number of rotatable bonds is 4. The van der Waals surface area contributed by atoms with E-state index < -0.39 is 0 Å². The largest absolute Gasteiger partial charge is 0.329 e. The Labute approximate surface area is 216 Å². The van der Waals surface area contributed by atoms with Crippen LogP contribution in [0.4, 0.5) is 16.2 Å². The second kappa shape index (κ2) is 9.58. The van der Waals surface area contributed by atoms with Gasteiger partial charge in [-0.1, -0.05) is 54.6 Å². The lowest BCUT2D eigenvalue weighted by atomic mass is 10.00. The van der Waals surface area contributed by atoms with E-state index in [1.807, 2.05) is 108 Å². The zero-order chi connectivity index (χ0) is 25.4. The molecule has 2 atom stereocenters. The van der Waals surface area contributed by atoms with E-state index in [9.17, 15) is 9.59 Å². The van der Waals surface area contributed by atoms with E-state index in [0.29, 0.717) is 18.7 Å². The fourth-order valence-corrected chi connectivity index (χ4v) is 5.68. The molecule has 0 unspecified atom stereocenters. The highest BCUT2D eigenvalue weighted by atomic mass is 16.2. The Morgan fingerprint density at radius 2 is 1.38 bits per heavy atom. The number of fused-ring (bicyclic) bond motifs is 2. The van der Waals surface area contributed by atoms with E-state index in [4.69, 9.17) is 0 Å². The number of carbonyl (C=O) groups is 2. The Hall–Kier alpha value is -4.39. The highest BCUT2D eigenvalue weighted by Gasteiger charge is 2.45. The summed E-state index contributed by atoms with van der Waals surface area (Å²) in [4.78, 5) is 33.6. The van der Waals surface area contributed by atoms with E-state index in [0.717, 1.165) is 35.3 Å². The van der Waals surface area contributed by atoms with Crippen molar-refractivity contribution < 1.29 is 9.59 Å². The molecule has 6 rings (SSSR count). The van der Waals surface area contributed by atoms with Crippen LogP contribution in [0.1, 0.15) is 23.2 Å². The highest BCUT2D eigenvalue weighted by Crippen LogP contribution is 2.35. The molecule has 0 aliphatic carbocycles. The first kappa shape index (κ1) is 23.0. The topological polar surface area (TPSA) is 61.7 Å². The molecular formula is C30H29N5O2. The lowest BCUT2D eigenvalue weighted by Gasteiger charge is -2.42. The van der Waals surface area contributed by atoms with Crippen molar-refractivity contribution in [2.24, 2.45) is 7.05 Å². The van der Waals surface area contributed by atoms with E-state index in [2.05, 4.69) is 5.10 Å². The first-order chi connectivity index (χ1) is 18.1. The minimum atomic E-state index is -0.0582. The molecule has 186 valence electrons. The summed E-state index contributed by atoms with van der Waals surface area (Å²) in [6, 6.07) is 27.1. The van der Waals surface area contributed by atoms with Crippen molar-refractivity contribution in [1.82, 2.24) is 19.6 Å². The van der Waals surface area contributed by atoms with Gasteiger partial charge in [-0.2, -0.15) is 5.10 Å². The van der Waals surface area contributed by atoms with Crippen LogP contribution in [-0.2, 0) is 7.05 Å². The van der Waals surface area contributed by atoms with E-state index in [1.165, 1.54) is 0 Å². The third-order valence-electron chi connectivity index (χ3n) is 7.38. The fraction of sp³-hybridized carbons (Fsp3) is 0.233. The number of urea groups is 1. The average molecular weight is 492 g/mol. The molecule has 2 aliphatic heterocycles. The number of benzene rings is 3. The number of likely N-dealkylation sites (tertiary alicyclic amines) is 1. The summed E-state index contributed by atoms with van der Waals surface area (Å²) in [6.07, 6.45) is 5.51. The predicted octanol–water partition coefficient (Wildman–Crippen LogP) is 5.33. The predicted molar refractivity (Wildman–Crippen MR) is 144 cm³/mol. The second-order valence-electron chi connectivity index (χ2n) is 9.74. The van der Waals surface area contributed by atoms with Crippen LogP contribution in [0.2, 0.25) is 0 Å². The molecule has 7 nitrogen and oxygen atoms in total. The molecule has 0 spiro atoms. The van der Waals surface area contributed by atoms with E-state index in [1.54, 1.807) is 15.8 Å². The third-order valence-corrected chi connectivity index (χ3v) is 7.38. The zero-order valence-corrected chi connectivity index (χ0v) is 20.8. The molecule has 3 aromatic carbocycles. The number of piperazine rings is 1. The fourth-order valence-electron chi connectivity index (χ4n) is 5.68. The summed E-state index contributed by atoms with van der Waals surface area (Å²) in [7, 11) is 1.87. The van der Waals surface area contributed by atoms with Gasteiger partial charge in [0.05, 0.1) is 29.7 Å². The number of amides is 3. The van der Waals surface area contributed by atoms with Crippen LogP contribution in [-0.4, -0.2) is 56.7 Å². The number of hydrogen-bond acceptors (Lipinski definition) is 3. The SMILES string of the molecule is Cn1cc(-c2ccccc2C(=O)N2[C@@H]3CC[C@H]2CN(C(=O)N(c2ccccc2)c2ccccc2)C3)cn1. The standard InChI is InChI=1S/C30H29N5O2/c1-32-19-22(18-31-32)27-14-8-9-15-28(27)29(36)34-25-16-17-26(34)21-33(20-25)30(37)35(23-10-4-2-5-11-23)24-12-6-3-7-13-24/h2-15,18-19,25-26H,16-17,20-21H2,1H3/t25-,26+. The first-order valence-corrected chi connectivity index (χ1v) is 12.7. The van der Waals surface area contributed by atoms with Crippen molar-refractivity contribution in [3.8, 4) is 11.1 Å². The average Bonchev–Trinajstić information content (AvgIpc) is 3.49. The van der Waals surface area contributed by atoms with Gasteiger partial charge < -0.3 is 9.80 Å². The van der Waals surface area contributed by atoms with Gasteiger partial charge in [-0.05, 0) is 48.7 Å². The van der Waals surface area contributed by atoms with Gasteiger partial charge in [0.1, 0.15) is 0 Å². The van der Waals surface area contributed by atoms with Crippen LogP contribution >= 0.6 is 0 Å². The number of nitrogens with zero attached hydrogens (tertiary/aromatic N) is 5. The quantitative estimate of drug-likeness (QED) is 0.387. The number of para-hydroxylation sites is 2. The van der Waals surface area contributed by atoms with Gasteiger partial charge in [0.25, 0.3) is 5.91 Å². The first-order valence-electron chi connectivity index (χ1n) is 12.7. The zero-order valence-electron chi connectivity index (χ0n) is 20.8. The van der Waals surface area contributed by atoms with E-state index >= 15 is 0 Å². The molecular weight excluding hydrogens is 462 g/mol. The monoisotopic (exact) mass is 491 g/mol. The number of aromatic nitrogens is 2. The molecule has 2 bridgehead atoms. The Morgan fingerprint density at radius 1 is 0.811 bits per heavy atom. The maximum Gasteiger partial charge on any atom is 0.329 e. The van der Waals surface area contributed by atoms with Crippen LogP contribution in [0.3, 0.4) is 0 Å². The van der Waals surface area contributed by atoms with Crippen LogP contribution in [0, 0.1) is 0 Å². The molecule has 0 radical (unpaired) electrons. The van der Waals surface area contributed by atoms with Gasteiger partial charge in [-0.25, -0.2) is 4.79 Å². The number of aryl methyl sites for hydroxylation is 1. The Kier molecular flexibility index (Phi) is 5.96. The van der Waals surface area contributed by atoms with Crippen molar-refractivity contribution in [3.05, 3.63) is 103 Å². The maximum atomic E-state index is 13.9. The van der Waals surface area contributed by atoms with Gasteiger partial charge >= 0.3 is 6.03 Å². The molecule has 1 aromatic heterocycles. The van der Waals surface area contributed by atoms with Crippen LogP contribution < -0.4 is 4.90 Å². The summed E-state index contributed by atoms with van der Waals surface area (Å²) in [5.74, 6) is 0.0297. The molecule has 2 aliphatic rings. The summed E-state index contributed by atoms with van der Waals surface area (Å²) in [5.41, 5.74) is 4.15. The summed E-state index contributed by atoms with van der Waals surface area (Å²) in [5, 5.41) is 4.29. The molecule has 37 heavy (non-hydrogen) atoms. The van der Waals surface area contributed by atoms with Gasteiger partial charge in [0.15, 0.2) is 0 Å². The normalized spacial score (nSPS) is 18.6. The smallest absolute Gasteiger partial charge is 0.329 e. The van der Waals surface area contributed by atoms with Crippen molar-refractivity contribution >= 4 is 23.3 Å². The number of hydrogen-bond donors (Lipinski definition) is 0. The Bertz CT molecular complexity index is 1360. The van der Waals surface area contributed by atoms with Crippen molar-refractivity contribution in [2.75, 3.05) is 18.0 Å². The molecule has 0 saturated carbocycles. The van der Waals surface area contributed by atoms with Crippen molar-refractivity contribution in [3.63, 3.8) is 0 Å². The maximum absolute atomic E-state index is 13.9. The number of anilines is 2. The van der Waals surface area contributed by atoms with Gasteiger partial charge in [0, 0.05) is 37.5 Å². The summed E-state index contributed by atoms with van der Waals surface area (Å²) >= 11 is 0. The minimum absolute atomic E-state index is 0.00875. The van der Waals surface area contributed by atoms with Crippen molar-refractivity contribution in [1.29, 1.82) is 0 Å². The third kappa shape index (κ3) is 4.27. The lowest BCUT2D eigenvalue weighted by molar-refractivity contribution is 0.0490. The Morgan fingerprint density at radius 3 is 1.95 bits per heavy atom. The molecule has 3 amide bonds. The van der Waals surface area contributed by atoms with Gasteiger partial charge in [0.2, 0.25) is 0 Å². The van der Waals surface area contributed by atoms with Crippen molar-refractivity contribution in [2.45, 2.75) is 24.9 Å². The highest BCUT2D eigenvalue weighted by molar-refractivity contribution is 6.02. The molecule has 2 saturated heterocycles. The number of carbonyl (C=O) groups excluding carboxylic acids is 2. The molecule has 2 fully saturated rings. The lowest BCUT2D eigenvalue weighted by Crippen LogP contribution is -2.59. The second-order valence-corrected chi connectivity index (χ2v) is 9.74. The Balaban J connectivity index is 1.26. The molecule has 7 heteroatoms. The summed E-state index contributed by atoms with van der Waals surface area (Å²) < 4.78 is 1.75. The van der Waals surface area contributed by atoms with Crippen LogP contribution in [0.25, 0.3) is 11.1 Å². The van der Waals surface area contributed by atoms with Gasteiger partial charge in [-0.3, -0.25) is 14.4 Å². The van der Waals surface area contributed by atoms with Gasteiger partial charge in [-0.15, -0.1) is 0 Å². The van der Waals surface area contributed by atoms with E-state index in [-0.39, 0.29) is 24.0 Å². The summed E-state index contributed by atoms with van der Waals surface area (Å²) in [6.45, 7) is 1.04. The molecule has 0 N–H and O–H groups in total. The molecule has 4 aromatic rings. The minimum Gasteiger partial charge on any atom is -0.329 e. The van der Waals surface area contributed by atoms with Crippen LogP contribution in [0.5, 0.6) is 0 Å². The van der Waals surface area contributed by atoms with Crippen LogP contribution in [0.15, 0.2) is 97.3 Å².